The Morgan fingerprint density at radius 3 is 2.14 bits per heavy atom. The van der Waals surface area contributed by atoms with Gasteiger partial charge in [0.05, 0.1) is 11.9 Å². The maximum absolute atomic E-state index is 14.0. The minimum absolute atomic E-state index is 0.123. The minimum Gasteiger partial charge on any atom is -0.352 e. The summed E-state index contributed by atoms with van der Waals surface area (Å²) in [5.74, 6) is 1.84. The van der Waals surface area contributed by atoms with Crippen LogP contribution in [0.2, 0.25) is 0 Å². The van der Waals surface area contributed by atoms with Gasteiger partial charge in [0.25, 0.3) is 0 Å². The summed E-state index contributed by atoms with van der Waals surface area (Å²) < 4.78 is 28.3. The molecule has 2 amide bonds. The average molecular weight is 671 g/mol. The molecule has 1 atom stereocenters. The number of benzene rings is 2. The van der Waals surface area contributed by atoms with Gasteiger partial charge in [0.15, 0.2) is 0 Å². The lowest BCUT2D eigenvalue weighted by Gasteiger charge is -2.57. The molecule has 5 saturated carbocycles. The number of carbonyl (C=O) groups excluding carboxylic acids is 2. The summed E-state index contributed by atoms with van der Waals surface area (Å²) in [5.41, 5.74) is 2.86. The first-order valence-electron chi connectivity index (χ1n) is 15.9. The monoisotopic (exact) mass is 669 g/mol. The van der Waals surface area contributed by atoms with Crippen LogP contribution < -0.4 is 9.62 Å². The molecule has 0 aromatic heterocycles. The van der Waals surface area contributed by atoms with Crippen LogP contribution in [-0.2, 0) is 31.6 Å². The van der Waals surface area contributed by atoms with E-state index in [4.69, 9.17) is 0 Å². The van der Waals surface area contributed by atoms with Crippen molar-refractivity contribution in [2.45, 2.75) is 95.2 Å². The van der Waals surface area contributed by atoms with E-state index >= 15 is 0 Å². The number of sulfonamides is 1. The number of carbonyl (C=O) groups is 2. The second-order valence-electron chi connectivity index (χ2n) is 13.8. The van der Waals surface area contributed by atoms with Crippen LogP contribution in [0.3, 0.4) is 0 Å². The number of rotatable bonds is 10. The molecule has 0 spiro atoms. The van der Waals surface area contributed by atoms with Crippen molar-refractivity contribution in [2.24, 2.45) is 17.8 Å². The van der Waals surface area contributed by atoms with E-state index in [0.717, 1.165) is 59.7 Å². The number of halogens is 1. The van der Waals surface area contributed by atoms with Gasteiger partial charge in [0.2, 0.25) is 21.8 Å². The van der Waals surface area contributed by atoms with E-state index in [1.807, 2.05) is 36.4 Å². The Bertz CT molecular complexity index is 1420. The molecule has 7 rings (SSSR count). The smallest absolute Gasteiger partial charge is 0.244 e. The Morgan fingerprint density at radius 2 is 1.58 bits per heavy atom. The second-order valence-corrected chi connectivity index (χ2v) is 16.7. The maximum Gasteiger partial charge on any atom is 0.244 e. The molecule has 5 fully saturated rings. The molecular weight excluding hydrogens is 626 g/mol. The summed E-state index contributed by atoms with van der Waals surface area (Å²) in [4.78, 5) is 28.8. The number of nitrogens with one attached hydrogen (secondary N) is 1. The molecule has 43 heavy (non-hydrogen) atoms. The number of hydrogen-bond acceptors (Lipinski definition) is 4. The van der Waals surface area contributed by atoms with E-state index in [-0.39, 0.29) is 30.5 Å². The Labute approximate surface area is 265 Å². The third-order valence-corrected chi connectivity index (χ3v) is 12.2. The highest BCUT2D eigenvalue weighted by Crippen LogP contribution is 2.60. The third-order valence-electron chi connectivity index (χ3n) is 10.6. The normalized spacial score (nSPS) is 27.2. The number of anilines is 1. The Morgan fingerprint density at radius 1 is 0.977 bits per heavy atom. The molecule has 0 aliphatic heterocycles. The van der Waals surface area contributed by atoms with Gasteiger partial charge in [-0.1, -0.05) is 53.0 Å². The highest BCUT2D eigenvalue weighted by atomic mass is 79.9. The third kappa shape index (κ3) is 6.68. The van der Waals surface area contributed by atoms with Crippen molar-refractivity contribution in [1.29, 1.82) is 0 Å². The van der Waals surface area contributed by atoms with Gasteiger partial charge in [-0.05, 0) is 117 Å². The van der Waals surface area contributed by atoms with E-state index in [0.29, 0.717) is 5.69 Å². The topological polar surface area (TPSA) is 86.8 Å². The number of amides is 2. The zero-order valence-corrected chi connectivity index (χ0v) is 27.7. The Kier molecular flexibility index (Phi) is 8.68. The molecule has 4 bridgehead atoms. The van der Waals surface area contributed by atoms with Gasteiger partial charge >= 0.3 is 0 Å². The van der Waals surface area contributed by atoms with Gasteiger partial charge < -0.3 is 10.2 Å². The SMILES string of the molecule is C[C@@H](C(=O)NC1CCCC1)N(Cc1cccc(Br)c1)C(=O)CN(c1ccc(C23CC4CC(CC(C4)C2)C3)cc1)S(C)(=O)=O. The van der Waals surface area contributed by atoms with Gasteiger partial charge in [-0.3, -0.25) is 13.9 Å². The molecule has 7 nitrogen and oxygen atoms in total. The summed E-state index contributed by atoms with van der Waals surface area (Å²) >= 11 is 3.50. The van der Waals surface area contributed by atoms with Crippen molar-refractivity contribution in [1.82, 2.24) is 10.2 Å². The first-order chi connectivity index (χ1) is 20.5. The van der Waals surface area contributed by atoms with Crippen molar-refractivity contribution >= 4 is 43.5 Å². The lowest BCUT2D eigenvalue weighted by molar-refractivity contribution is -0.139. The molecule has 2 aromatic carbocycles. The van der Waals surface area contributed by atoms with Crippen molar-refractivity contribution in [3.05, 3.63) is 64.1 Å². The predicted octanol–water partition coefficient (Wildman–Crippen LogP) is 6.16. The summed E-state index contributed by atoms with van der Waals surface area (Å²) in [7, 11) is -3.77. The van der Waals surface area contributed by atoms with Crippen LogP contribution in [0.4, 0.5) is 5.69 Å². The molecule has 0 unspecified atom stereocenters. The van der Waals surface area contributed by atoms with E-state index in [1.165, 1.54) is 53.3 Å². The van der Waals surface area contributed by atoms with Crippen LogP contribution in [0.5, 0.6) is 0 Å². The lowest BCUT2D eigenvalue weighted by Crippen LogP contribution is -2.52. The highest BCUT2D eigenvalue weighted by Gasteiger charge is 2.51. The van der Waals surface area contributed by atoms with E-state index < -0.39 is 22.0 Å². The number of nitrogens with zero attached hydrogens (tertiary/aromatic N) is 2. The fraction of sp³-hybridized carbons (Fsp3) is 0.588. The van der Waals surface area contributed by atoms with Gasteiger partial charge in [0.1, 0.15) is 12.6 Å². The summed E-state index contributed by atoms with van der Waals surface area (Å²) in [6.45, 7) is 1.55. The van der Waals surface area contributed by atoms with Gasteiger partial charge in [0, 0.05) is 17.1 Å². The van der Waals surface area contributed by atoms with Crippen LogP contribution in [0, 0.1) is 17.8 Å². The minimum atomic E-state index is -3.77. The highest BCUT2D eigenvalue weighted by molar-refractivity contribution is 9.10. The van der Waals surface area contributed by atoms with Crippen molar-refractivity contribution < 1.29 is 18.0 Å². The first-order valence-corrected chi connectivity index (χ1v) is 18.6. The van der Waals surface area contributed by atoms with E-state index in [2.05, 4.69) is 33.4 Å². The predicted molar refractivity (Wildman–Crippen MR) is 173 cm³/mol. The molecule has 5 aliphatic carbocycles. The molecule has 2 aromatic rings. The second kappa shape index (κ2) is 12.2. The fourth-order valence-electron chi connectivity index (χ4n) is 8.87. The van der Waals surface area contributed by atoms with Crippen molar-refractivity contribution in [3.63, 3.8) is 0 Å². The quantitative estimate of drug-likeness (QED) is 0.328. The van der Waals surface area contributed by atoms with Crippen LogP contribution in [0.25, 0.3) is 0 Å². The fourth-order valence-corrected chi connectivity index (χ4v) is 10.2. The zero-order valence-electron chi connectivity index (χ0n) is 25.3. The Balaban J connectivity index is 1.23. The van der Waals surface area contributed by atoms with Crippen molar-refractivity contribution in [3.8, 4) is 0 Å². The molecule has 0 heterocycles. The molecule has 5 aliphatic rings. The van der Waals surface area contributed by atoms with Gasteiger partial charge in [-0.15, -0.1) is 0 Å². The maximum atomic E-state index is 14.0. The van der Waals surface area contributed by atoms with Gasteiger partial charge in [-0.2, -0.15) is 0 Å². The van der Waals surface area contributed by atoms with Gasteiger partial charge in [-0.25, -0.2) is 8.42 Å². The van der Waals surface area contributed by atoms with Crippen LogP contribution in [0.1, 0.15) is 82.3 Å². The Hall–Kier alpha value is -2.39. The number of hydrogen-bond donors (Lipinski definition) is 1. The molecule has 1 N–H and O–H groups in total. The zero-order chi connectivity index (χ0) is 30.4. The first kappa shape index (κ1) is 30.6. The van der Waals surface area contributed by atoms with Crippen LogP contribution in [0.15, 0.2) is 53.0 Å². The average Bonchev–Trinajstić information content (AvgIpc) is 3.46. The molecule has 9 heteroatoms. The molecular formula is C34H44BrN3O4S. The lowest BCUT2D eigenvalue weighted by atomic mass is 9.48. The molecule has 0 saturated heterocycles. The standard InChI is InChI=1S/C34H44BrN3O4S/c1-23(33(40)36-30-8-3-4-9-30)37(21-24-6-5-7-29(35)17-24)32(39)22-38(43(2,41)42)31-12-10-28(11-13-31)34-18-25-14-26(19-34)16-27(15-25)20-34/h5-7,10-13,17,23,25-27,30H,3-4,8-9,14-16,18-22H2,1-2H3,(H,36,40)/t23-,25?,26?,27?,34?/m0/s1. The molecule has 232 valence electrons. The van der Waals surface area contributed by atoms with Crippen molar-refractivity contribution in [2.75, 3.05) is 17.1 Å². The van der Waals surface area contributed by atoms with E-state index in [1.54, 1.807) is 6.92 Å². The summed E-state index contributed by atoms with van der Waals surface area (Å²) in [5, 5.41) is 3.11. The van der Waals surface area contributed by atoms with Crippen LogP contribution in [-0.4, -0.2) is 50.0 Å². The summed E-state index contributed by atoms with van der Waals surface area (Å²) in [6, 6.07) is 14.9. The summed E-state index contributed by atoms with van der Waals surface area (Å²) in [6.07, 6.45) is 13.0. The van der Waals surface area contributed by atoms with Crippen LogP contribution >= 0.6 is 15.9 Å². The largest absolute Gasteiger partial charge is 0.352 e. The molecule has 0 radical (unpaired) electrons. The van der Waals surface area contributed by atoms with E-state index in [9.17, 15) is 18.0 Å².